The molecule has 0 amide bonds. The van der Waals surface area contributed by atoms with E-state index in [9.17, 15) is 0 Å². The minimum atomic E-state index is 0.727. The number of pyridine rings is 1. The molecule has 0 N–H and O–H groups in total. The van der Waals surface area contributed by atoms with Gasteiger partial charge in [0.1, 0.15) is 5.69 Å². The number of hydrogen-bond acceptors (Lipinski definition) is 2. The number of halogens is 1. The van der Waals surface area contributed by atoms with Gasteiger partial charge in [-0.3, -0.25) is 9.67 Å². The van der Waals surface area contributed by atoms with Crippen LogP contribution in [0.1, 0.15) is 0 Å². The number of aryl methyl sites for hydroxylation is 1. The number of aromatic nitrogens is 3. The van der Waals surface area contributed by atoms with Crippen molar-refractivity contribution >= 4 is 11.6 Å². The summed E-state index contributed by atoms with van der Waals surface area (Å²) in [7, 11) is 1.92. The first-order valence-corrected chi connectivity index (χ1v) is 6.32. The largest absolute Gasteiger partial charge is 0.275 e. The van der Waals surface area contributed by atoms with Crippen molar-refractivity contribution in [2.45, 2.75) is 0 Å². The van der Waals surface area contributed by atoms with E-state index in [4.69, 9.17) is 11.6 Å². The van der Waals surface area contributed by atoms with Crippen LogP contribution in [-0.4, -0.2) is 14.8 Å². The Morgan fingerprint density at radius 1 is 0.947 bits per heavy atom. The van der Waals surface area contributed by atoms with Crippen LogP contribution in [0.15, 0.2) is 55.0 Å². The average Bonchev–Trinajstić information content (AvgIpc) is 2.83. The number of hydrogen-bond donors (Lipinski definition) is 0. The molecule has 94 valence electrons. The third-order valence-corrected chi connectivity index (χ3v) is 3.19. The Bertz CT molecular complexity index is 687. The van der Waals surface area contributed by atoms with Gasteiger partial charge in [0.25, 0.3) is 0 Å². The zero-order valence-electron chi connectivity index (χ0n) is 10.4. The van der Waals surface area contributed by atoms with Crippen molar-refractivity contribution in [1.82, 2.24) is 14.8 Å². The zero-order chi connectivity index (χ0) is 13.2. The van der Waals surface area contributed by atoms with E-state index in [0.717, 1.165) is 27.4 Å². The molecule has 0 saturated carbocycles. The average molecular weight is 270 g/mol. The van der Waals surface area contributed by atoms with Crippen LogP contribution in [0.2, 0.25) is 5.02 Å². The molecule has 2 aromatic heterocycles. The van der Waals surface area contributed by atoms with Gasteiger partial charge in [-0.25, -0.2) is 0 Å². The fourth-order valence-electron chi connectivity index (χ4n) is 2.05. The molecule has 0 aliphatic rings. The van der Waals surface area contributed by atoms with Gasteiger partial charge in [-0.15, -0.1) is 0 Å². The fourth-order valence-corrected chi connectivity index (χ4v) is 2.18. The first kappa shape index (κ1) is 11.9. The van der Waals surface area contributed by atoms with Crippen molar-refractivity contribution in [1.29, 1.82) is 0 Å². The molecule has 0 aliphatic heterocycles. The van der Waals surface area contributed by atoms with Crippen LogP contribution in [0.5, 0.6) is 0 Å². The second-order valence-corrected chi connectivity index (χ2v) is 4.74. The van der Waals surface area contributed by atoms with Crippen LogP contribution in [0.4, 0.5) is 0 Å². The van der Waals surface area contributed by atoms with Gasteiger partial charge in [0.2, 0.25) is 0 Å². The quantitative estimate of drug-likeness (QED) is 0.708. The lowest BCUT2D eigenvalue weighted by molar-refractivity contribution is 0.771. The van der Waals surface area contributed by atoms with Crippen LogP contribution in [0.3, 0.4) is 0 Å². The Hall–Kier alpha value is -2.13. The second-order valence-electron chi connectivity index (χ2n) is 4.31. The molecule has 3 aromatic rings. The Morgan fingerprint density at radius 2 is 1.63 bits per heavy atom. The van der Waals surface area contributed by atoms with Crippen LogP contribution in [-0.2, 0) is 7.05 Å². The summed E-state index contributed by atoms with van der Waals surface area (Å²) in [4.78, 5) is 4.05. The molecule has 19 heavy (non-hydrogen) atoms. The molecule has 0 bridgehead atoms. The summed E-state index contributed by atoms with van der Waals surface area (Å²) < 4.78 is 1.82. The monoisotopic (exact) mass is 269 g/mol. The fraction of sp³-hybridized carbons (Fsp3) is 0.0667. The second kappa shape index (κ2) is 4.86. The molecule has 3 nitrogen and oxygen atoms in total. The number of nitrogens with zero attached hydrogens (tertiary/aromatic N) is 3. The van der Waals surface area contributed by atoms with E-state index in [2.05, 4.69) is 10.1 Å². The predicted molar refractivity (Wildman–Crippen MR) is 76.9 cm³/mol. The smallest absolute Gasteiger partial charge is 0.100 e. The van der Waals surface area contributed by atoms with Crippen molar-refractivity contribution in [3.05, 3.63) is 60.0 Å². The predicted octanol–water partition coefficient (Wildman–Crippen LogP) is 3.80. The third-order valence-electron chi connectivity index (χ3n) is 2.94. The summed E-state index contributed by atoms with van der Waals surface area (Å²) in [5, 5.41) is 5.27. The lowest BCUT2D eigenvalue weighted by Gasteiger charge is -2.02. The molecule has 2 heterocycles. The van der Waals surface area contributed by atoms with Crippen LogP contribution >= 0.6 is 11.6 Å². The van der Waals surface area contributed by atoms with Crippen LogP contribution in [0.25, 0.3) is 22.4 Å². The van der Waals surface area contributed by atoms with Gasteiger partial charge in [-0.1, -0.05) is 23.7 Å². The van der Waals surface area contributed by atoms with Gasteiger partial charge >= 0.3 is 0 Å². The van der Waals surface area contributed by atoms with E-state index in [-0.39, 0.29) is 0 Å². The molecule has 0 unspecified atom stereocenters. The summed E-state index contributed by atoms with van der Waals surface area (Å²) in [6.07, 6.45) is 5.58. The van der Waals surface area contributed by atoms with Crippen molar-refractivity contribution in [2.75, 3.05) is 0 Å². The maximum atomic E-state index is 5.93. The number of rotatable bonds is 2. The summed E-state index contributed by atoms with van der Waals surface area (Å²) in [5.74, 6) is 0. The Labute approximate surface area is 116 Å². The molecule has 0 saturated heterocycles. The molecular weight excluding hydrogens is 258 g/mol. The van der Waals surface area contributed by atoms with Crippen LogP contribution < -0.4 is 0 Å². The normalized spacial score (nSPS) is 10.6. The minimum absolute atomic E-state index is 0.727. The molecule has 0 aliphatic carbocycles. The van der Waals surface area contributed by atoms with E-state index in [1.807, 2.05) is 54.3 Å². The first-order valence-electron chi connectivity index (χ1n) is 5.94. The van der Waals surface area contributed by atoms with E-state index >= 15 is 0 Å². The maximum Gasteiger partial charge on any atom is 0.100 e. The van der Waals surface area contributed by atoms with Gasteiger partial charge in [0, 0.05) is 41.8 Å². The molecule has 0 radical (unpaired) electrons. The van der Waals surface area contributed by atoms with Gasteiger partial charge < -0.3 is 0 Å². The van der Waals surface area contributed by atoms with Crippen molar-refractivity contribution in [2.24, 2.45) is 7.05 Å². The van der Waals surface area contributed by atoms with Crippen molar-refractivity contribution < 1.29 is 0 Å². The SMILES string of the molecule is Cn1cc(-c2ccncc2)c(-c2ccc(Cl)cc2)n1. The van der Waals surface area contributed by atoms with Gasteiger partial charge in [-0.2, -0.15) is 5.10 Å². The first-order chi connectivity index (χ1) is 9.24. The molecule has 3 rings (SSSR count). The van der Waals surface area contributed by atoms with Crippen molar-refractivity contribution in [3.8, 4) is 22.4 Å². The van der Waals surface area contributed by atoms with Crippen molar-refractivity contribution in [3.63, 3.8) is 0 Å². The third kappa shape index (κ3) is 2.37. The Balaban J connectivity index is 2.15. The molecule has 4 heteroatoms. The van der Waals surface area contributed by atoms with Gasteiger partial charge in [0.05, 0.1) is 0 Å². The lowest BCUT2D eigenvalue weighted by Crippen LogP contribution is -1.87. The van der Waals surface area contributed by atoms with Crippen LogP contribution in [0, 0.1) is 0 Å². The highest BCUT2D eigenvalue weighted by molar-refractivity contribution is 6.30. The highest BCUT2D eigenvalue weighted by Gasteiger charge is 2.11. The van der Waals surface area contributed by atoms with E-state index in [1.54, 1.807) is 12.4 Å². The minimum Gasteiger partial charge on any atom is -0.275 e. The van der Waals surface area contributed by atoms with E-state index < -0.39 is 0 Å². The highest BCUT2D eigenvalue weighted by atomic mass is 35.5. The highest BCUT2D eigenvalue weighted by Crippen LogP contribution is 2.30. The summed E-state index contributed by atoms with van der Waals surface area (Å²) in [6.45, 7) is 0. The maximum absolute atomic E-state index is 5.93. The summed E-state index contributed by atoms with van der Waals surface area (Å²) in [6, 6.07) is 11.7. The summed E-state index contributed by atoms with van der Waals surface area (Å²) >= 11 is 5.93. The molecular formula is C15H12ClN3. The Kier molecular flexibility index (Phi) is 3.05. The summed E-state index contributed by atoms with van der Waals surface area (Å²) in [5.41, 5.74) is 4.20. The molecule has 0 atom stereocenters. The Morgan fingerprint density at radius 3 is 2.32 bits per heavy atom. The molecule has 1 aromatic carbocycles. The standard InChI is InChI=1S/C15H12ClN3/c1-19-10-14(11-6-8-17-9-7-11)15(18-19)12-2-4-13(16)5-3-12/h2-10H,1H3. The van der Waals surface area contributed by atoms with Gasteiger partial charge in [-0.05, 0) is 29.8 Å². The van der Waals surface area contributed by atoms with Gasteiger partial charge in [0.15, 0.2) is 0 Å². The topological polar surface area (TPSA) is 30.7 Å². The van der Waals surface area contributed by atoms with E-state index in [0.29, 0.717) is 0 Å². The number of benzene rings is 1. The lowest BCUT2D eigenvalue weighted by atomic mass is 10.0. The zero-order valence-corrected chi connectivity index (χ0v) is 11.2. The molecule has 0 spiro atoms. The van der Waals surface area contributed by atoms with E-state index in [1.165, 1.54) is 0 Å². The molecule has 0 fully saturated rings.